The van der Waals surface area contributed by atoms with Gasteiger partial charge in [-0.1, -0.05) is 24.3 Å². The molecule has 0 saturated carbocycles. The number of carbonyl (C=O) groups excluding carboxylic acids is 2. The third-order valence-corrected chi connectivity index (χ3v) is 6.85. The number of piperidine rings is 1. The minimum atomic E-state index is -0.379. The van der Waals surface area contributed by atoms with Crippen LogP contribution in [0.25, 0.3) is 17.3 Å². The molecule has 2 aromatic heterocycles. The third-order valence-electron chi connectivity index (χ3n) is 6.04. The van der Waals surface area contributed by atoms with Crippen LogP contribution in [-0.4, -0.2) is 50.9 Å². The zero-order chi connectivity index (χ0) is 23.3. The number of thioether (sulfide) groups is 1. The Morgan fingerprint density at radius 1 is 1.12 bits per heavy atom. The number of nitrogens with one attached hydrogen (secondary N) is 3. The lowest BCUT2D eigenvalue weighted by Gasteiger charge is -2.32. The van der Waals surface area contributed by atoms with Crippen LogP contribution in [0.5, 0.6) is 0 Å². The van der Waals surface area contributed by atoms with E-state index in [1.807, 2.05) is 12.1 Å². The van der Waals surface area contributed by atoms with Gasteiger partial charge in [-0.05, 0) is 60.8 Å². The molecule has 2 aliphatic rings. The van der Waals surface area contributed by atoms with Crippen LogP contribution in [0, 0.1) is 5.92 Å². The van der Waals surface area contributed by atoms with Crippen molar-refractivity contribution in [2.24, 2.45) is 5.92 Å². The molecule has 9 nitrogen and oxygen atoms in total. The maximum atomic E-state index is 11.8. The molecule has 0 aliphatic carbocycles. The number of anilines is 1. The second-order valence-electron chi connectivity index (χ2n) is 8.32. The van der Waals surface area contributed by atoms with Crippen molar-refractivity contribution in [3.63, 3.8) is 0 Å². The number of nitrogens with zero attached hydrogens (tertiary/aromatic N) is 4. The first-order valence-electron chi connectivity index (χ1n) is 11.3. The topological polar surface area (TPSA) is 116 Å². The van der Waals surface area contributed by atoms with Crippen LogP contribution in [0.2, 0.25) is 0 Å². The highest BCUT2D eigenvalue weighted by Gasteiger charge is 2.25. The Hall–Kier alpha value is -3.50. The molecular formula is C24H25N7O2S. The number of benzene rings is 1. The summed E-state index contributed by atoms with van der Waals surface area (Å²) in [6.45, 7) is 3.53. The summed E-state index contributed by atoms with van der Waals surface area (Å²) in [5.41, 5.74) is 4.07. The first kappa shape index (κ1) is 22.3. The quantitative estimate of drug-likeness (QED) is 0.446. The molecule has 0 unspecified atom stereocenters. The number of aromatic nitrogens is 4. The Morgan fingerprint density at radius 3 is 2.74 bits per heavy atom. The predicted octanol–water partition coefficient (Wildman–Crippen LogP) is 3.20. The minimum Gasteiger partial charge on any atom is -0.341 e. The van der Waals surface area contributed by atoms with Crippen LogP contribution in [-0.2, 0) is 11.3 Å². The van der Waals surface area contributed by atoms with Gasteiger partial charge in [0, 0.05) is 37.6 Å². The monoisotopic (exact) mass is 475 g/mol. The summed E-state index contributed by atoms with van der Waals surface area (Å²) >= 11 is 0.892. The molecule has 2 saturated heterocycles. The molecular weight excluding hydrogens is 450 g/mol. The fourth-order valence-electron chi connectivity index (χ4n) is 4.24. The van der Waals surface area contributed by atoms with E-state index >= 15 is 0 Å². The van der Waals surface area contributed by atoms with Crippen molar-refractivity contribution in [2.45, 2.75) is 19.4 Å². The van der Waals surface area contributed by atoms with E-state index in [4.69, 9.17) is 0 Å². The molecule has 3 aromatic rings. The average molecular weight is 476 g/mol. The van der Waals surface area contributed by atoms with Gasteiger partial charge >= 0.3 is 0 Å². The summed E-state index contributed by atoms with van der Waals surface area (Å²) in [6, 6.07) is 12.1. The van der Waals surface area contributed by atoms with Crippen molar-refractivity contribution in [1.82, 2.24) is 30.8 Å². The number of carbonyl (C=O) groups is 2. The molecule has 2 aliphatic heterocycles. The zero-order valence-corrected chi connectivity index (χ0v) is 19.3. The summed E-state index contributed by atoms with van der Waals surface area (Å²) in [6.07, 6.45) is 7.20. The molecule has 5 rings (SSSR count). The van der Waals surface area contributed by atoms with Gasteiger partial charge in [0.25, 0.3) is 11.1 Å². The standard InChI is InChI=1S/C24H25N7O2S/c32-22-21(34-24(33)29-22)13-18-5-9-26-23(28-18)31-11-7-16(8-12-31)14-25-15-17-3-1-2-4-19(17)20-6-10-27-30-20/h1-6,9-10,13,16,25H,7-8,11-12,14-15H2,(H,27,30)(H,29,32,33). The van der Waals surface area contributed by atoms with Crippen molar-refractivity contribution < 1.29 is 9.59 Å². The summed E-state index contributed by atoms with van der Waals surface area (Å²) < 4.78 is 0. The molecule has 10 heteroatoms. The molecule has 0 radical (unpaired) electrons. The van der Waals surface area contributed by atoms with Crippen LogP contribution in [0.1, 0.15) is 24.1 Å². The summed E-state index contributed by atoms with van der Waals surface area (Å²) in [5.74, 6) is 0.866. The normalized spacial score (nSPS) is 18.0. The second kappa shape index (κ2) is 10.2. The molecule has 0 spiro atoms. The van der Waals surface area contributed by atoms with Gasteiger partial charge in [-0.2, -0.15) is 5.10 Å². The van der Waals surface area contributed by atoms with Gasteiger partial charge in [-0.25, -0.2) is 9.97 Å². The summed E-state index contributed by atoms with van der Waals surface area (Å²) in [4.78, 5) is 34.7. The van der Waals surface area contributed by atoms with Gasteiger partial charge in [0.2, 0.25) is 5.95 Å². The highest BCUT2D eigenvalue weighted by Crippen LogP contribution is 2.26. The van der Waals surface area contributed by atoms with Gasteiger partial charge in [0.1, 0.15) is 0 Å². The van der Waals surface area contributed by atoms with E-state index in [1.165, 1.54) is 11.1 Å². The molecule has 3 N–H and O–H groups in total. The molecule has 1 aromatic carbocycles. The Bertz CT molecular complexity index is 1200. The second-order valence-corrected chi connectivity index (χ2v) is 9.34. The highest BCUT2D eigenvalue weighted by molar-refractivity contribution is 8.18. The van der Waals surface area contributed by atoms with Crippen LogP contribution in [0.3, 0.4) is 0 Å². The van der Waals surface area contributed by atoms with E-state index in [2.05, 4.69) is 53.9 Å². The number of hydrogen-bond acceptors (Lipinski definition) is 8. The smallest absolute Gasteiger partial charge is 0.290 e. The number of imide groups is 1. The molecule has 34 heavy (non-hydrogen) atoms. The van der Waals surface area contributed by atoms with E-state index in [1.54, 1.807) is 24.5 Å². The molecule has 2 amide bonds. The van der Waals surface area contributed by atoms with Crippen molar-refractivity contribution in [3.8, 4) is 11.3 Å². The van der Waals surface area contributed by atoms with E-state index in [0.717, 1.165) is 56.5 Å². The Labute approximate surface area is 201 Å². The molecule has 0 bridgehead atoms. The van der Waals surface area contributed by atoms with Crippen molar-refractivity contribution in [3.05, 3.63) is 65.0 Å². The highest BCUT2D eigenvalue weighted by atomic mass is 32.2. The first-order valence-corrected chi connectivity index (χ1v) is 12.1. The first-order chi connectivity index (χ1) is 16.7. The fourth-order valence-corrected chi connectivity index (χ4v) is 4.91. The number of aromatic amines is 1. The van der Waals surface area contributed by atoms with E-state index in [9.17, 15) is 9.59 Å². The van der Waals surface area contributed by atoms with Crippen molar-refractivity contribution >= 4 is 34.9 Å². The fraction of sp³-hybridized carbons (Fsp3) is 0.292. The van der Waals surface area contributed by atoms with Crippen LogP contribution in [0.4, 0.5) is 10.7 Å². The number of rotatable bonds is 7. The number of hydrogen-bond donors (Lipinski definition) is 3. The van der Waals surface area contributed by atoms with Gasteiger partial charge in [0.15, 0.2) is 0 Å². The SMILES string of the molecule is O=C1NC(=O)C(=Cc2ccnc(N3CCC(CNCc4ccccc4-c4ccn[nH]4)CC3)n2)S1. The van der Waals surface area contributed by atoms with E-state index in [-0.39, 0.29) is 11.1 Å². The van der Waals surface area contributed by atoms with Crippen LogP contribution >= 0.6 is 11.8 Å². The number of amides is 2. The summed E-state index contributed by atoms with van der Waals surface area (Å²) in [7, 11) is 0. The molecule has 174 valence electrons. The molecule has 2 fully saturated rings. The Kier molecular flexibility index (Phi) is 6.68. The Morgan fingerprint density at radius 2 is 1.97 bits per heavy atom. The molecule has 4 heterocycles. The summed E-state index contributed by atoms with van der Waals surface area (Å²) in [5, 5.41) is 12.6. The van der Waals surface area contributed by atoms with Crippen molar-refractivity contribution in [2.75, 3.05) is 24.5 Å². The lowest BCUT2D eigenvalue weighted by atomic mass is 9.96. The van der Waals surface area contributed by atoms with E-state index < -0.39 is 0 Å². The third kappa shape index (κ3) is 5.18. The van der Waals surface area contributed by atoms with Crippen molar-refractivity contribution in [1.29, 1.82) is 0 Å². The molecule has 0 atom stereocenters. The lowest BCUT2D eigenvalue weighted by molar-refractivity contribution is -0.115. The maximum absolute atomic E-state index is 11.8. The van der Waals surface area contributed by atoms with Crippen LogP contribution < -0.4 is 15.5 Å². The minimum absolute atomic E-state index is 0.355. The average Bonchev–Trinajstić information content (AvgIpc) is 3.50. The van der Waals surface area contributed by atoms with E-state index in [0.29, 0.717) is 22.5 Å². The predicted molar refractivity (Wildman–Crippen MR) is 132 cm³/mol. The largest absolute Gasteiger partial charge is 0.341 e. The van der Waals surface area contributed by atoms with Gasteiger partial charge in [-0.3, -0.25) is 20.0 Å². The Balaban J connectivity index is 1.13. The lowest BCUT2D eigenvalue weighted by Crippen LogP contribution is -2.38. The van der Waals surface area contributed by atoms with Crippen LogP contribution in [0.15, 0.2) is 53.7 Å². The van der Waals surface area contributed by atoms with Gasteiger partial charge in [0.05, 0.1) is 16.3 Å². The van der Waals surface area contributed by atoms with Gasteiger partial charge in [-0.15, -0.1) is 0 Å². The maximum Gasteiger partial charge on any atom is 0.290 e. The zero-order valence-electron chi connectivity index (χ0n) is 18.5. The van der Waals surface area contributed by atoms with Gasteiger partial charge < -0.3 is 10.2 Å². The number of H-pyrrole nitrogens is 1.